The lowest BCUT2D eigenvalue weighted by Crippen LogP contribution is -2.33. The molecule has 2 unspecified atom stereocenters. The van der Waals surface area contributed by atoms with Crippen molar-refractivity contribution < 1.29 is 4.57 Å². The van der Waals surface area contributed by atoms with E-state index in [4.69, 9.17) is 4.98 Å². The highest BCUT2D eigenvalue weighted by molar-refractivity contribution is 7.28. The van der Waals surface area contributed by atoms with E-state index in [1.807, 2.05) is 17.7 Å². The van der Waals surface area contributed by atoms with Crippen molar-refractivity contribution in [2.45, 2.75) is 32.1 Å². The molecule has 4 rings (SSSR count). The largest absolute Gasteiger partial charge is 0.286 e. The molecule has 108 valence electrons. The molecule has 1 aromatic carbocycles. The Labute approximate surface area is 132 Å². The van der Waals surface area contributed by atoms with E-state index in [1.165, 1.54) is 21.3 Å². The predicted octanol–water partition coefficient (Wildman–Crippen LogP) is 1.52. The quantitative estimate of drug-likeness (QED) is 0.489. The van der Waals surface area contributed by atoms with Crippen molar-refractivity contribution >= 4 is 59.6 Å². The number of aryl methyl sites for hydroxylation is 2. The van der Waals surface area contributed by atoms with Gasteiger partial charge in [0.05, 0.1) is 24.6 Å². The van der Waals surface area contributed by atoms with Gasteiger partial charge < -0.3 is 0 Å². The van der Waals surface area contributed by atoms with Gasteiger partial charge in [-0.05, 0) is 16.2 Å². The van der Waals surface area contributed by atoms with E-state index in [9.17, 15) is 0 Å². The van der Waals surface area contributed by atoms with Crippen molar-refractivity contribution in [3.05, 3.63) is 24.2 Å². The summed E-state index contributed by atoms with van der Waals surface area (Å²) in [5, 5.41) is 4.96. The first kappa shape index (κ1) is 13.6. The highest BCUT2D eigenvalue weighted by atomic mass is 32.1. The summed E-state index contributed by atoms with van der Waals surface area (Å²) in [6, 6.07) is 4.80. The molecule has 2 nitrogen and oxygen atoms in total. The van der Waals surface area contributed by atoms with Crippen LogP contribution in [-0.4, -0.2) is 22.6 Å². The minimum Gasteiger partial charge on any atom is -0.236 e. The van der Waals surface area contributed by atoms with Crippen molar-refractivity contribution in [3.8, 4) is 0 Å². The lowest BCUT2D eigenvalue weighted by Gasteiger charge is -2.05. The number of thiophene rings is 1. The van der Waals surface area contributed by atoms with Crippen LogP contribution in [-0.2, 0) is 13.5 Å². The van der Waals surface area contributed by atoms with Crippen LogP contribution in [0.15, 0.2) is 18.5 Å². The molecule has 0 radical (unpaired) electrons. The molecule has 0 aliphatic carbocycles. The van der Waals surface area contributed by atoms with E-state index in [0.29, 0.717) is 0 Å². The van der Waals surface area contributed by atoms with E-state index in [1.54, 1.807) is 20.7 Å². The van der Waals surface area contributed by atoms with Crippen molar-refractivity contribution in [1.82, 2.24) is 4.98 Å². The average Bonchev–Trinajstić information content (AvgIpc) is 2.96. The van der Waals surface area contributed by atoms with Crippen LogP contribution in [0.4, 0.5) is 0 Å². The first-order valence-corrected chi connectivity index (χ1v) is 13.8. The summed E-state index contributed by atoms with van der Waals surface area (Å²) < 4.78 is 5.18. The van der Waals surface area contributed by atoms with Gasteiger partial charge in [-0.25, -0.2) is 4.57 Å². The number of hydrogen-bond acceptors (Lipinski definition) is 2. The number of nitrogens with zero attached hydrogens (tertiary/aromatic N) is 2. The number of aromatic nitrogens is 2. The van der Waals surface area contributed by atoms with E-state index >= 15 is 0 Å². The maximum absolute atomic E-state index is 4.75. The molecule has 0 amide bonds. The SMILES string of the molecule is CCc1c2sc3c4c(ccc3c2nc[n+]1C)[SiH](C)C[SiH]4C. The highest BCUT2D eigenvalue weighted by Crippen LogP contribution is 2.33. The van der Waals surface area contributed by atoms with Crippen LogP contribution in [0.5, 0.6) is 0 Å². The first-order chi connectivity index (χ1) is 10.1. The van der Waals surface area contributed by atoms with Crippen LogP contribution in [0, 0.1) is 0 Å². The zero-order chi connectivity index (χ0) is 14.7. The molecule has 5 heteroatoms. The molecule has 21 heavy (non-hydrogen) atoms. The van der Waals surface area contributed by atoms with Gasteiger partial charge in [0.25, 0.3) is 6.33 Å². The van der Waals surface area contributed by atoms with Crippen molar-refractivity contribution in [3.63, 3.8) is 0 Å². The molecule has 0 bridgehead atoms. The normalized spacial score (nSPS) is 21.3. The molecule has 0 saturated heterocycles. The van der Waals surface area contributed by atoms with E-state index in [2.05, 4.69) is 43.8 Å². The van der Waals surface area contributed by atoms with Crippen molar-refractivity contribution in [1.29, 1.82) is 0 Å². The topological polar surface area (TPSA) is 16.8 Å². The highest BCUT2D eigenvalue weighted by Gasteiger charge is 2.31. The fourth-order valence-corrected chi connectivity index (χ4v) is 16.5. The summed E-state index contributed by atoms with van der Waals surface area (Å²) in [5.74, 6) is 0. The third-order valence-electron chi connectivity index (χ3n) is 5.02. The lowest BCUT2D eigenvalue weighted by atomic mass is 10.2. The van der Waals surface area contributed by atoms with Gasteiger partial charge in [0, 0.05) is 16.5 Å². The Morgan fingerprint density at radius 2 is 2.05 bits per heavy atom. The van der Waals surface area contributed by atoms with Gasteiger partial charge in [-0.1, -0.05) is 36.9 Å². The number of hydrogen-bond donors (Lipinski definition) is 0. The molecule has 2 aromatic heterocycles. The van der Waals surface area contributed by atoms with E-state index in [-0.39, 0.29) is 0 Å². The van der Waals surface area contributed by atoms with Crippen molar-refractivity contribution in [2.24, 2.45) is 7.05 Å². The van der Waals surface area contributed by atoms with Crippen LogP contribution >= 0.6 is 11.3 Å². The van der Waals surface area contributed by atoms with Crippen LogP contribution in [0.2, 0.25) is 18.8 Å². The molecule has 3 aromatic rings. The Bertz CT molecular complexity index is 872. The zero-order valence-electron chi connectivity index (χ0n) is 13.1. The van der Waals surface area contributed by atoms with Crippen LogP contribution in [0.1, 0.15) is 12.6 Å². The maximum Gasteiger partial charge on any atom is 0.286 e. The molecule has 1 aliphatic rings. The predicted molar refractivity (Wildman–Crippen MR) is 97.8 cm³/mol. The summed E-state index contributed by atoms with van der Waals surface area (Å²) in [6.07, 6.45) is 3.06. The second kappa shape index (κ2) is 4.73. The first-order valence-electron chi connectivity index (χ1n) is 7.84. The molecule has 0 saturated carbocycles. The Morgan fingerprint density at radius 1 is 1.24 bits per heavy atom. The monoisotopic (exact) mass is 329 g/mol. The van der Waals surface area contributed by atoms with E-state index in [0.717, 1.165) is 6.42 Å². The molecule has 3 heterocycles. The summed E-state index contributed by atoms with van der Waals surface area (Å²) in [4.78, 5) is 4.75. The fraction of sp³-hybridized carbons (Fsp3) is 0.375. The van der Waals surface area contributed by atoms with Gasteiger partial charge in [-0.3, -0.25) is 0 Å². The third kappa shape index (κ3) is 1.80. The maximum atomic E-state index is 4.75. The summed E-state index contributed by atoms with van der Waals surface area (Å²) in [7, 11) is 0.762. The van der Waals surface area contributed by atoms with Gasteiger partial charge in [-0.2, -0.15) is 0 Å². The molecule has 0 N–H and O–H groups in total. The molecule has 0 fully saturated rings. The Morgan fingerprint density at radius 3 is 2.81 bits per heavy atom. The van der Waals surface area contributed by atoms with Gasteiger partial charge >= 0.3 is 0 Å². The minimum absolute atomic E-state index is 0.644. The number of rotatable bonds is 1. The average molecular weight is 330 g/mol. The van der Waals surface area contributed by atoms with Gasteiger partial charge in [0.15, 0.2) is 0 Å². The Hall–Kier alpha value is -1.05. The second-order valence-electron chi connectivity index (χ2n) is 6.42. The fourth-order valence-electron chi connectivity index (χ4n) is 4.00. The molecule has 2 atom stereocenters. The minimum atomic E-state index is -0.712. The van der Waals surface area contributed by atoms with Crippen LogP contribution in [0.3, 0.4) is 0 Å². The third-order valence-corrected chi connectivity index (χ3v) is 15.7. The summed E-state index contributed by atoms with van der Waals surface area (Å²) in [5.41, 5.74) is 4.22. The van der Waals surface area contributed by atoms with E-state index < -0.39 is 17.6 Å². The lowest BCUT2D eigenvalue weighted by molar-refractivity contribution is -0.680. The van der Waals surface area contributed by atoms with Gasteiger partial charge in [-0.15, -0.1) is 11.3 Å². The molecular formula is C16H21N2SSi2+. The van der Waals surface area contributed by atoms with Crippen LogP contribution < -0.4 is 14.9 Å². The number of benzene rings is 1. The Kier molecular flexibility index (Phi) is 3.06. The molecular weight excluding hydrogens is 308 g/mol. The molecule has 0 spiro atoms. The summed E-state index contributed by atoms with van der Waals surface area (Å²) >= 11 is 2.01. The Balaban J connectivity index is 2.16. The van der Waals surface area contributed by atoms with Crippen molar-refractivity contribution in [2.75, 3.05) is 0 Å². The van der Waals surface area contributed by atoms with Gasteiger partial charge in [0.2, 0.25) is 5.52 Å². The standard InChI is InChI=1S/C16H21N2SSi2/c1-5-11-15-13(17-8-18(11)2)10-6-7-12-16(14(10)19-15)21(4)9-20(12)3/h6-8,20-21H,5,9H2,1-4H3/q+1. The smallest absolute Gasteiger partial charge is 0.236 e. The van der Waals surface area contributed by atoms with Gasteiger partial charge in [0.1, 0.15) is 10.4 Å². The molecule has 1 aliphatic heterocycles. The summed E-state index contributed by atoms with van der Waals surface area (Å²) in [6.45, 7) is 7.33. The zero-order valence-corrected chi connectivity index (χ0v) is 16.2. The number of fused-ring (bicyclic) bond motifs is 5. The second-order valence-corrected chi connectivity index (χ2v) is 14.1. The van der Waals surface area contributed by atoms with Crippen LogP contribution in [0.25, 0.3) is 20.3 Å².